The van der Waals surface area contributed by atoms with E-state index in [1.54, 1.807) is 7.11 Å². The van der Waals surface area contributed by atoms with Crippen molar-refractivity contribution in [1.29, 1.82) is 0 Å². The number of fused-ring (bicyclic) bond motifs is 1. The number of para-hydroxylation sites is 3. The Hall–Kier alpha value is -2.60. The van der Waals surface area contributed by atoms with E-state index in [-0.39, 0.29) is 0 Å². The van der Waals surface area contributed by atoms with Gasteiger partial charge in [0, 0.05) is 6.54 Å². The Morgan fingerprint density at radius 3 is 2.58 bits per heavy atom. The van der Waals surface area contributed by atoms with E-state index in [9.17, 15) is 0 Å². The highest BCUT2D eigenvalue weighted by Gasteiger charge is 2.12. The zero-order chi connectivity index (χ0) is 17.1. The number of nitrogens with one attached hydrogen (secondary N) is 2. The lowest BCUT2D eigenvalue weighted by Crippen LogP contribution is -2.20. The number of hydrogen-bond acceptors (Lipinski definition) is 3. The van der Waals surface area contributed by atoms with E-state index in [1.807, 2.05) is 49.4 Å². The van der Waals surface area contributed by atoms with Crippen LogP contribution in [0.3, 0.4) is 0 Å². The summed E-state index contributed by atoms with van der Waals surface area (Å²) in [6.07, 6.45) is 0. The van der Waals surface area contributed by atoms with Crippen molar-refractivity contribution < 1.29 is 4.74 Å². The van der Waals surface area contributed by atoms with Crippen LogP contribution in [0.1, 0.15) is 12.7 Å². The van der Waals surface area contributed by atoms with Crippen LogP contribution >= 0.6 is 12.2 Å². The monoisotopic (exact) mass is 340 g/mol. The molecule has 0 aliphatic rings. The van der Waals surface area contributed by atoms with Crippen LogP contribution in [0.5, 0.6) is 5.75 Å². The van der Waals surface area contributed by atoms with Gasteiger partial charge in [-0.1, -0.05) is 18.2 Å². The van der Waals surface area contributed by atoms with Crippen molar-refractivity contribution in [2.75, 3.05) is 17.7 Å². The highest BCUT2D eigenvalue weighted by Crippen LogP contribution is 2.26. The van der Waals surface area contributed by atoms with Crippen LogP contribution in [0.15, 0.2) is 42.5 Å². The third-order valence-electron chi connectivity index (χ3n) is 3.88. The van der Waals surface area contributed by atoms with Crippen molar-refractivity contribution in [3.63, 3.8) is 0 Å². The summed E-state index contributed by atoms with van der Waals surface area (Å²) in [5.74, 6) is 1.74. The molecule has 0 atom stereocenters. The van der Waals surface area contributed by atoms with Gasteiger partial charge in [0.25, 0.3) is 0 Å². The summed E-state index contributed by atoms with van der Waals surface area (Å²) in [5.41, 5.74) is 3.77. The third-order valence-corrected chi connectivity index (χ3v) is 4.08. The minimum atomic E-state index is 0.508. The van der Waals surface area contributed by atoms with Crippen molar-refractivity contribution in [2.24, 2.45) is 0 Å². The SMILES string of the molecule is CCn1c(C)nc2cccc(NC(=S)Nc3ccccc3OC)c21. The maximum atomic E-state index is 5.47. The molecule has 6 heteroatoms. The molecule has 0 spiro atoms. The smallest absolute Gasteiger partial charge is 0.175 e. The minimum Gasteiger partial charge on any atom is -0.495 e. The standard InChI is InChI=1S/C18H20N4OS/c1-4-22-12(2)19-14-9-7-10-15(17(14)22)21-18(24)20-13-8-5-6-11-16(13)23-3/h5-11H,4H2,1-3H3,(H2,20,21,24). The van der Waals surface area contributed by atoms with Crippen LogP contribution in [0, 0.1) is 6.92 Å². The van der Waals surface area contributed by atoms with Crippen molar-refractivity contribution in [3.05, 3.63) is 48.3 Å². The molecule has 24 heavy (non-hydrogen) atoms. The number of imidazole rings is 1. The molecule has 0 aliphatic carbocycles. The van der Waals surface area contributed by atoms with E-state index in [2.05, 4.69) is 27.1 Å². The second-order valence-electron chi connectivity index (χ2n) is 5.36. The van der Waals surface area contributed by atoms with E-state index in [4.69, 9.17) is 17.0 Å². The molecule has 0 aliphatic heterocycles. The Labute approximate surface area is 146 Å². The van der Waals surface area contributed by atoms with Gasteiger partial charge in [-0.25, -0.2) is 4.98 Å². The summed E-state index contributed by atoms with van der Waals surface area (Å²) in [4.78, 5) is 4.60. The molecular formula is C18H20N4OS. The van der Waals surface area contributed by atoms with Crippen molar-refractivity contribution in [2.45, 2.75) is 20.4 Å². The average molecular weight is 340 g/mol. The third kappa shape index (κ3) is 3.05. The lowest BCUT2D eigenvalue weighted by atomic mass is 10.2. The molecule has 124 valence electrons. The number of aryl methyl sites for hydroxylation is 2. The molecule has 2 aromatic carbocycles. The lowest BCUT2D eigenvalue weighted by Gasteiger charge is -2.14. The predicted molar refractivity (Wildman–Crippen MR) is 103 cm³/mol. The first-order chi connectivity index (χ1) is 11.6. The summed E-state index contributed by atoms with van der Waals surface area (Å²) in [7, 11) is 1.64. The van der Waals surface area contributed by atoms with Crippen molar-refractivity contribution in [3.8, 4) is 5.75 Å². The van der Waals surface area contributed by atoms with Crippen molar-refractivity contribution in [1.82, 2.24) is 9.55 Å². The van der Waals surface area contributed by atoms with Gasteiger partial charge in [-0.3, -0.25) is 0 Å². The Morgan fingerprint density at radius 1 is 1.12 bits per heavy atom. The predicted octanol–water partition coefficient (Wildman–Crippen LogP) is 4.18. The van der Waals surface area contributed by atoms with Crippen LogP contribution in [0.25, 0.3) is 11.0 Å². The number of ether oxygens (including phenoxy) is 1. The number of thiocarbonyl (C=S) groups is 1. The molecule has 1 heterocycles. The molecule has 1 aromatic heterocycles. The van der Waals surface area contributed by atoms with Gasteiger partial charge in [-0.15, -0.1) is 0 Å². The first kappa shape index (κ1) is 16.3. The number of benzene rings is 2. The number of hydrogen-bond donors (Lipinski definition) is 2. The molecule has 0 saturated heterocycles. The number of rotatable bonds is 4. The molecule has 0 unspecified atom stereocenters. The van der Waals surface area contributed by atoms with Gasteiger partial charge in [0.2, 0.25) is 0 Å². The van der Waals surface area contributed by atoms with Crippen molar-refractivity contribution >= 4 is 39.7 Å². The molecule has 0 saturated carbocycles. The van der Waals surface area contributed by atoms with Gasteiger partial charge in [0.1, 0.15) is 11.6 Å². The zero-order valence-corrected chi connectivity index (χ0v) is 14.8. The maximum absolute atomic E-state index is 5.47. The minimum absolute atomic E-state index is 0.508. The van der Waals surface area contributed by atoms with E-state index in [1.165, 1.54) is 0 Å². The summed E-state index contributed by atoms with van der Waals surface area (Å²) >= 11 is 5.47. The average Bonchev–Trinajstić information content (AvgIpc) is 2.91. The largest absolute Gasteiger partial charge is 0.495 e. The fourth-order valence-electron chi connectivity index (χ4n) is 2.81. The number of methoxy groups -OCH3 is 1. The first-order valence-electron chi connectivity index (χ1n) is 7.81. The van der Waals surface area contributed by atoms with Crippen LogP contribution < -0.4 is 15.4 Å². The van der Waals surface area contributed by atoms with Gasteiger partial charge in [0.05, 0.1) is 29.5 Å². The summed E-state index contributed by atoms with van der Waals surface area (Å²) in [5, 5.41) is 6.97. The normalized spacial score (nSPS) is 10.6. The lowest BCUT2D eigenvalue weighted by molar-refractivity contribution is 0.417. The summed E-state index contributed by atoms with van der Waals surface area (Å²) in [6.45, 7) is 4.97. The quantitative estimate of drug-likeness (QED) is 0.698. The fraction of sp³-hybridized carbons (Fsp3) is 0.222. The Morgan fingerprint density at radius 2 is 1.83 bits per heavy atom. The molecule has 3 rings (SSSR count). The van der Waals surface area contributed by atoms with E-state index >= 15 is 0 Å². The maximum Gasteiger partial charge on any atom is 0.175 e. The molecule has 3 aromatic rings. The van der Waals surface area contributed by atoms with Crippen LogP contribution in [0.2, 0.25) is 0 Å². The Bertz CT molecular complexity index is 888. The molecule has 0 bridgehead atoms. The van der Waals surface area contributed by atoms with Crippen LogP contribution in [-0.4, -0.2) is 21.8 Å². The van der Waals surface area contributed by atoms with Gasteiger partial charge < -0.3 is 19.9 Å². The molecule has 2 N–H and O–H groups in total. The summed E-state index contributed by atoms with van der Waals surface area (Å²) < 4.78 is 7.51. The number of anilines is 2. The van der Waals surface area contributed by atoms with Gasteiger partial charge in [-0.2, -0.15) is 0 Å². The van der Waals surface area contributed by atoms with Gasteiger partial charge in [-0.05, 0) is 50.3 Å². The first-order valence-corrected chi connectivity index (χ1v) is 8.21. The highest BCUT2D eigenvalue weighted by molar-refractivity contribution is 7.80. The molecule has 0 radical (unpaired) electrons. The second kappa shape index (κ2) is 6.88. The zero-order valence-electron chi connectivity index (χ0n) is 14.0. The van der Waals surface area contributed by atoms with E-state index in [0.29, 0.717) is 5.11 Å². The Balaban J connectivity index is 1.88. The topological polar surface area (TPSA) is 51.1 Å². The van der Waals surface area contributed by atoms with Gasteiger partial charge >= 0.3 is 0 Å². The van der Waals surface area contributed by atoms with Gasteiger partial charge in [0.15, 0.2) is 5.11 Å². The molecule has 0 amide bonds. The summed E-state index contributed by atoms with van der Waals surface area (Å²) in [6, 6.07) is 13.7. The molecule has 5 nitrogen and oxygen atoms in total. The van der Waals surface area contributed by atoms with E-state index < -0.39 is 0 Å². The molecule has 0 fully saturated rings. The van der Waals surface area contributed by atoms with Crippen LogP contribution in [-0.2, 0) is 6.54 Å². The van der Waals surface area contributed by atoms with E-state index in [0.717, 1.165) is 40.5 Å². The number of aromatic nitrogens is 2. The fourth-order valence-corrected chi connectivity index (χ4v) is 3.03. The molecular weight excluding hydrogens is 320 g/mol. The highest BCUT2D eigenvalue weighted by atomic mass is 32.1. The number of nitrogens with zero attached hydrogens (tertiary/aromatic N) is 2. The second-order valence-corrected chi connectivity index (χ2v) is 5.76. The van der Waals surface area contributed by atoms with Crippen LogP contribution in [0.4, 0.5) is 11.4 Å². The Kier molecular flexibility index (Phi) is 4.66.